The van der Waals surface area contributed by atoms with Crippen LogP contribution in [0.15, 0.2) is 53.6 Å². The van der Waals surface area contributed by atoms with E-state index in [9.17, 15) is 9.59 Å². The van der Waals surface area contributed by atoms with Gasteiger partial charge in [0, 0.05) is 28.8 Å². The van der Waals surface area contributed by atoms with E-state index in [1.807, 2.05) is 24.3 Å². The molecule has 2 aromatic carbocycles. The van der Waals surface area contributed by atoms with Crippen LogP contribution in [0.5, 0.6) is 5.75 Å². The minimum absolute atomic E-state index is 0.176. The second kappa shape index (κ2) is 9.14. The van der Waals surface area contributed by atoms with Gasteiger partial charge in [-0.05, 0) is 29.8 Å². The smallest absolute Gasteiger partial charge is 0.303 e. The number of nitrogens with zero attached hydrogens (tertiary/aromatic N) is 3. The van der Waals surface area contributed by atoms with Crippen LogP contribution in [0.25, 0.3) is 10.9 Å². The maximum atomic E-state index is 12.9. The maximum absolute atomic E-state index is 12.9. The standard InChI is InChI=1S/C23H19Cl2N3O4/c1-32-19-7-3-5-14-11-16(23(25)26-22(14)19)18-12-17(13-4-2-6-15(24)10-13)27-28(18)20(29)8-9-21(30)31/h2-7,10-11,18H,8-9,12H2,1H3,(H,30,31)/t18-/m0/s1. The fourth-order valence-corrected chi connectivity index (χ4v) is 4.17. The van der Waals surface area contributed by atoms with Crippen molar-refractivity contribution in [1.29, 1.82) is 0 Å². The zero-order valence-corrected chi connectivity index (χ0v) is 18.6. The van der Waals surface area contributed by atoms with Crippen molar-refractivity contribution in [3.05, 3.63) is 69.8 Å². The van der Waals surface area contributed by atoms with Crippen LogP contribution in [0.3, 0.4) is 0 Å². The molecule has 1 amide bonds. The Labute approximate surface area is 194 Å². The van der Waals surface area contributed by atoms with Crippen molar-refractivity contribution in [2.75, 3.05) is 7.11 Å². The second-order valence-electron chi connectivity index (χ2n) is 7.31. The fraction of sp³-hybridized carbons (Fsp3) is 0.217. The van der Waals surface area contributed by atoms with Crippen LogP contribution >= 0.6 is 23.2 Å². The molecule has 0 bridgehead atoms. The van der Waals surface area contributed by atoms with Crippen molar-refractivity contribution in [3.8, 4) is 5.75 Å². The number of carbonyl (C=O) groups excluding carboxylic acids is 1. The van der Waals surface area contributed by atoms with Gasteiger partial charge in [-0.25, -0.2) is 9.99 Å². The fourth-order valence-electron chi connectivity index (χ4n) is 3.72. The van der Waals surface area contributed by atoms with Crippen molar-refractivity contribution < 1.29 is 19.4 Å². The number of para-hydroxylation sites is 1. The largest absolute Gasteiger partial charge is 0.494 e. The topological polar surface area (TPSA) is 92.1 Å². The number of ether oxygens (including phenoxy) is 1. The summed E-state index contributed by atoms with van der Waals surface area (Å²) in [4.78, 5) is 28.4. The van der Waals surface area contributed by atoms with Gasteiger partial charge in [0.2, 0.25) is 5.91 Å². The van der Waals surface area contributed by atoms with Crippen LogP contribution in [-0.4, -0.2) is 39.8 Å². The second-order valence-corrected chi connectivity index (χ2v) is 8.10. The molecule has 0 unspecified atom stereocenters. The molecule has 0 saturated heterocycles. The van der Waals surface area contributed by atoms with Gasteiger partial charge < -0.3 is 9.84 Å². The summed E-state index contributed by atoms with van der Waals surface area (Å²) >= 11 is 12.7. The number of carbonyl (C=O) groups is 2. The first-order valence-electron chi connectivity index (χ1n) is 9.88. The molecule has 0 fully saturated rings. The third kappa shape index (κ3) is 4.40. The normalized spacial score (nSPS) is 15.7. The molecule has 0 aliphatic carbocycles. The number of methoxy groups -OCH3 is 1. The van der Waals surface area contributed by atoms with Gasteiger partial charge in [0.25, 0.3) is 0 Å². The molecule has 0 radical (unpaired) electrons. The van der Waals surface area contributed by atoms with Crippen LogP contribution in [-0.2, 0) is 9.59 Å². The number of amides is 1. The lowest BCUT2D eigenvalue weighted by atomic mass is 9.98. The van der Waals surface area contributed by atoms with Crippen LogP contribution in [0.2, 0.25) is 10.2 Å². The first kappa shape index (κ1) is 22.0. The van der Waals surface area contributed by atoms with Crippen molar-refractivity contribution in [2.45, 2.75) is 25.3 Å². The Morgan fingerprint density at radius 1 is 1.16 bits per heavy atom. The number of fused-ring (bicyclic) bond motifs is 1. The number of carboxylic acid groups (broad SMARTS) is 1. The Morgan fingerprint density at radius 3 is 2.66 bits per heavy atom. The summed E-state index contributed by atoms with van der Waals surface area (Å²) in [6.45, 7) is 0. The van der Waals surface area contributed by atoms with E-state index in [4.69, 9.17) is 33.0 Å². The van der Waals surface area contributed by atoms with E-state index in [2.05, 4.69) is 10.1 Å². The molecule has 32 heavy (non-hydrogen) atoms. The van der Waals surface area contributed by atoms with Crippen LogP contribution in [0.4, 0.5) is 0 Å². The van der Waals surface area contributed by atoms with E-state index in [1.54, 1.807) is 31.4 Å². The number of aromatic nitrogens is 1. The first-order valence-corrected chi connectivity index (χ1v) is 10.6. The van der Waals surface area contributed by atoms with Gasteiger partial charge in [0.1, 0.15) is 16.4 Å². The number of hydrogen-bond acceptors (Lipinski definition) is 5. The number of benzene rings is 2. The molecule has 7 nitrogen and oxygen atoms in total. The van der Waals surface area contributed by atoms with Gasteiger partial charge in [-0.3, -0.25) is 9.59 Å². The Hall–Kier alpha value is -3.16. The third-order valence-corrected chi connectivity index (χ3v) is 5.78. The highest BCUT2D eigenvalue weighted by molar-refractivity contribution is 6.31. The summed E-state index contributed by atoms with van der Waals surface area (Å²) in [6.07, 6.45) is -0.0778. The molecule has 0 saturated carbocycles. The highest BCUT2D eigenvalue weighted by Crippen LogP contribution is 2.39. The minimum atomic E-state index is -1.05. The summed E-state index contributed by atoms with van der Waals surface area (Å²) in [5.74, 6) is -0.866. The minimum Gasteiger partial charge on any atom is -0.494 e. The molecule has 2 heterocycles. The number of carboxylic acids is 1. The van der Waals surface area contributed by atoms with Crippen LogP contribution in [0.1, 0.15) is 36.4 Å². The van der Waals surface area contributed by atoms with Gasteiger partial charge in [0.05, 0.1) is 25.3 Å². The van der Waals surface area contributed by atoms with Gasteiger partial charge >= 0.3 is 5.97 Å². The molecule has 3 aromatic rings. The molecule has 1 aliphatic heterocycles. The molecule has 1 N–H and O–H groups in total. The number of pyridine rings is 1. The number of hydrogen-bond donors (Lipinski definition) is 1. The molecule has 0 spiro atoms. The maximum Gasteiger partial charge on any atom is 0.303 e. The van der Waals surface area contributed by atoms with E-state index < -0.39 is 17.9 Å². The predicted molar refractivity (Wildman–Crippen MR) is 122 cm³/mol. The molecule has 1 atom stereocenters. The SMILES string of the molecule is COc1cccc2cc([C@@H]3CC(c4cccc(Cl)c4)=NN3C(=O)CCC(=O)O)c(Cl)nc12. The van der Waals surface area contributed by atoms with Gasteiger partial charge in [-0.15, -0.1) is 0 Å². The number of halogens is 2. The summed E-state index contributed by atoms with van der Waals surface area (Å²) in [5, 5.41) is 16.4. The van der Waals surface area contributed by atoms with Crippen molar-refractivity contribution in [2.24, 2.45) is 5.10 Å². The van der Waals surface area contributed by atoms with Gasteiger partial charge in [-0.1, -0.05) is 47.5 Å². The summed E-state index contributed by atoms with van der Waals surface area (Å²) in [6, 6.07) is 14.1. The van der Waals surface area contributed by atoms with Gasteiger partial charge in [0.15, 0.2) is 0 Å². The van der Waals surface area contributed by atoms with Crippen LogP contribution < -0.4 is 4.74 Å². The Morgan fingerprint density at radius 2 is 1.94 bits per heavy atom. The quantitative estimate of drug-likeness (QED) is 0.505. The molecular weight excluding hydrogens is 453 g/mol. The average Bonchev–Trinajstić information content (AvgIpc) is 3.22. The van der Waals surface area contributed by atoms with E-state index >= 15 is 0 Å². The van der Waals surface area contributed by atoms with E-state index in [-0.39, 0.29) is 18.0 Å². The summed E-state index contributed by atoms with van der Waals surface area (Å²) in [5.41, 5.74) is 2.67. The van der Waals surface area contributed by atoms with Crippen molar-refractivity contribution >= 4 is 51.7 Å². The van der Waals surface area contributed by atoms with E-state index in [0.29, 0.717) is 34.0 Å². The number of rotatable bonds is 6. The Bertz CT molecular complexity index is 1250. The summed E-state index contributed by atoms with van der Waals surface area (Å²) in [7, 11) is 1.56. The number of hydrazone groups is 1. The lowest BCUT2D eigenvalue weighted by molar-refractivity contribution is -0.141. The Kier molecular flexibility index (Phi) is 6.30. The van der Waals surface area contributed by atoms with Crippen molar-refractivity contribution in [3.63, 3.8) is 0 Å². The molecule has 1 aromatic heterocycles. The van der Waals surface area contributed by atoms with Gasteiger partial charge in [-0.2, -0.15) is 5.10 Å². The van der Waals surface area contributed by atoms with E-state index in [1.165, 1.54) is 5.01 Å². The van der Waals surface area contributed by atoms with Crippen molar-refractivity contribution in [1.82, 2.24) is 9.99 Å². The lowest BCUT2D eigenvalue weighted by Gasteiger charge is -2.23. The highest BCUT2D eigenvalue weighted by Gasteiger charge is 2.35. The first-order chi connectivity index (χ1) is 15.4. The van der Waals surface area contributed by atoms with E-state index in [0.717, 1.165) is 10.9 Å². The zero-order valence-electron chi connectivity index (χ0n) is 17.1. The monoisotopic (exact) mass is 471 g/mol. The van der Waals surface area contributed by atoms with Crippen LogP contribution in [0, 0.1) is 0 Å². The molecular formula is C23H19Cl2N3O4. The summed E-state index contributed by atoms with van der Waals surface area (Å²) < 4.78 is 5.37. The molecule has 9 heteroatoms. The number of aliphatic carboxylic acids is 1. The third-order valence-electron chi connectivity index (χ3n) is 5.24. The highest BCUT2D eigenvalue weighted by atomic mass is 35.5. The molecule has 4 rings (SSSR count). The Balaban J connectivity index is 1.76. The zero-order chi connectivity index (χ0) is 22.8. The molecule has 1 aliphatic rings. The predicted octanol–water partition coefficient (Wildman–Crippen LogP) is 5.09. The average molecular weight is 472 g/mol. The molecule has 164 valence electrons. The lowest BCUT2D eigenvalue weighted by Crippen LogP contribution is -2.27.